The Morgan fingerprint density at radius 1 is 0.500 bits per heavy atom. The molecule has 8 rings (SSSR count). The van der Waals surface area contributed by atoms with Crippen LogP contribution in [0.25, 0.3) is 61.7 Å². The predicted octanol–water partition coefficient (Wildman–Crippen LogP) is 8.27. The maximum atomic E-state index is 6.31. The van der Waals surface area contributed by atoms with Gasteiger partial charge in [0.05, 0.1) is 22.2 Å². The molecule has 0 unspecified atom stereocenters. The number of hydrogen-bond acceptors (Lipinski definition) is 5. The van der Waals surface area contributed by atoms with Gasteiger partial charge in [-0.1, -0.05) is 115 Å². The second-order valence-electron chi connectivity index (χ2n) is 12.8. The van der Waals surface area contributed by atoms with Gasteiger partial charge in [0, 0.05) is 21.9 Å². The van der Waals surface area contributed by atoms with Crippen LogP contribution in [0.5, 0.6) is 0 Å². The molecule has 7 aromatic rings. The molecule has 1 saturated heterocycles. The van der Waals surface area contributed by atoms with Crippen LogP contribution in [0.2, 0.25) is 0 Å². The Balaban J connectivity index is 1.21. The summed E-state index contributed by atoms with van der Waals surface area (Å²) in [6.07, 6.45) is 0. The maximum absolute atomic E-state index is 6.31. The zero-order valence-corrected chi connectivity index (χ0v) is 26.3. The fraction of sp³-hybridized carbons (Fsp3) is 0.154. The van der Waals surface area contributed by atoms with Crippen molar-refractivity contribution in [3.63, 3.8) is 0 Å². The molecule has 0 radical (unpaired) electrons. The highest BCUT2D eigenvalue weighted by Crippen LogP contribution is 2.37. The molecule has 0 spiro atoms. The highest BCUT2D eigenvalue weighted by molar-refractivity contribution is 6.62. The summed E-state index contributed by atoms with van der Waals surface area (Å²) in [6.45, 7) is 8.30. The second-order valence-corrected chi connectivity index (χ2v) is 12.8. The minimum Gasteiger partial charge on any atom is -0.399 e. The molecule has 0 aliphatic carbocycles. The van der Waals surface area contributed by atoms with Crippen LogP contribution < -0.4 is 5.46 Å². The van der Waals surface area contributed by atoms with E-state index in [9.17, 15) is 0 Å². The van der Waals surface area contributed by atoms with Crippen molar-refractivity contribution in [3.8, 4) is 39.9 Å². The summed E-state index contributed by atoms with van der Waals surface area (Å²) in [7, 11) is -0.412. The van der Waals surface area contributed by atoms with Crippen molar-refractivity contribution >= 4 is 34.4 Å². The first kappa shape index (κ1) is 28.4. The lowest BCUT2D eigenvalue weighted by molar-refractivity contribution is 0.00578. The average molecular weight is 601 g/mol. The third-order valence-corrected chi connectivity index (χ3v) is 9.32. The topological polar surface area (TPSA) is 62.1 Å². The third kappa shape index (κ3) is 4.80. The van der Waals surface area contributed by atoms with E-state index < -0.39 is 18.3 Å². The van der Waals surface area contributed by atoms with Gasteiger partial charge >= 0.3 is 7.12 Å². The quantitative estimate of drug-likeness (QED) is 0.186. The molecule has 0 saturated carbocycles. The zero-order chi connectivity index (χ0) is 31.5. The Morgan fingerprint density at radius 3 is 1.61 bits per heavy atom. The Labute approximate surface area is 268 Å². The molecule has 1 aliphatic heterocycles. The van der Waals surface area contributed by atoms with E-state index in [0.717, 1.165) is 49.5 Å². The van der Waals surface area contributed by atoms with Gasteiger partial charge in [0.15, 0.2) is 11.6 Å². The number of hydrogen-bond donors (Lipinski definition) is 0. The normalized spacial score (nSPS) is 15.5. The van der Waals surface area contributed by atoms with Crippen molar-refractivity contribution in [1.29, 1.82) is 0 Å². The number of fused-ring (bicyclic) bond motifs is 3. The lowest BCUT2D eigenvalue weighted by Crippen LogP contribution is -2.41. The average Bonchev–Trinajstić information content (AvgIpc) is 3.54. The summed E-state index contributed by atoms with van der Waals surface area (Å²) in [5.74, 6) is 1.82. The standard InChI is InChI=1S/C39H33BN4O2/c1-38(2)39(3,4)46-40(45-38)30-16-12-15-29(25-30)26-21-23-28(24-22-26)36-41-35(27-13-6-5-7-14-27)42-37(43-36)44-33-19-10-8-17-31(33)32-18-9-11-20-34(32)44/h5-25H,1-4H3. The molecule has 0 atom stereocenters. The molecule has 224 valence electrons. The van der Waals surface area contributed by atoms with Crippen LogP contribution in [-0.2, 0) is 9.31 Å². The van der Waals surface area contributed by atoms with Crippen molar-refractivity contribution in [1.82, 2.24) is 19.5 Å². The van der Waals surface area contributed by atoms with Gasteiger partial charge in [-0.2, -0.15) is 9.97 Å². The van der Waals surface area contributed by atoms with Gasteiger partial charge in [0.1, 0.15) is 0 Å². The molecule has 0 bridgehead atoms. The maximum Gasteiger partial charge on any atom is 0.494 e. The molecule has 46 heavy (non-hydrogen) atoms. The van der Waals surface area contributed by atoms with Crippen LogP contribution in [0.3, 0.4) is 0 Å². The zero-order valence-electron chi connectivity index (χ0n) is 26.3. The highest BCUT2D eigenvalue weighted by Gasteiger charge is 2.51. The third-order valence-electron chi connectivity index (χ3n) is 9.32. The monoisotopic (exact) mass is 600 g/mol. The summed E-state index contributed by atoms with van der Waals surface area (Å²) in [5, 5.41) is 2.32. The molecule has 2 aromatic heterocycles. The molecule has 0 amide bonds. The van der Waals surface area contributed by atoms with Gasteiger partial charge in [-0.15, -0.1) is 0 Å². The number of para-hydroxylation sites is 2. The van der Waals surface area contributed by atoms with E-state index >= 15 is 0 Å². The van der Waals surface area contributed by atoms with Crippen LogP contribution in [0.4, 0.5) is 0 Å². The van der Waals surface area contributed by atoms with Gasteiger partial charge in [0.2, 0.25) is 5.95 Å². The lowest BCUT2D eigenvalue weighted by atomic mass is 9.78. The first-order valence-corrected chi connectivity index (χ1v) is 15.6. The number of benzene rings is 5. The van der Waals surface area contributed by atoms with E-state index in [4.69, 9.17) is 24.3 Å². The summed E-state index contributed by atoms with van der Waals surface area (Å²) < 4.78 is 14.8. The predicted molar refractivity (Wildman–Crippen MR) is 186 cm³/mol. The first-order valence-electron chi connectivity index (χ1n) is 15.6. The summed E-state index contributed by atoms with van der Waals surface area (Å²) in [6, 6.07) is 43.6. The van der Waals surface area contributed by atoms with Crippen LogP contribution in [0.15, 0.2) is 127 Å². The fourth-order valence-electron chi connectivity index (χ4n) is 6.10. The number of nitrogens with zero attached hydrogens (tertiary/aromatic N) is 4. The molecule has 1 fully saturated rings. The van der Waals surface area contributed by atoms with Gasteiger partial charge in [-0.25, -0.2) is 4.98 Å². The first-order chi connectivity index (χ1) is 22.3. The molecule has 7 heteroatoms. The van der Waals surface area contributed by atoms with E-state index in [0.29, 0.717) is 17.6 Å². The van der Waals surface area contributed by atoms with Crippen molar-refractivity contribution in [2.75, 3.05) is 0 Å². The van der Waals surface area contributed by atoms with E-state index in [-0.39, 0.29) is 0 Å². The molecular formula is C39H33BN4O2. The van der Waals surface area contributed by atoms with Gasteiger partial charge in [-0.05, 0) is 56.4 Å². The van der Waals surface area contributed by atoms with Crippen LogP contribution in [0.1, 0.15) is 27.7 Å². The Bertz CT molecular complexity index is 2160. The van der Waals surface area contributed by atoms with Crippen molar-refractivity contribution < 1.29 is 9.31 Å². The largest absolute Gasteiger partial charge is 0.494 e. The van der Waals surface area contributed by atoms with Gasteiger partial charge in [0.25, 0.3) is 0 Å². The molecule has 0 N–H and O–H groups in total. The van der Waals surface area contributed by atoms with Crippen molar-refractivity contribution in [2.24, 2.45) is 0 Å². The minimum atomic E-state index is -0.412. The van der Waals surface area contributed by atoms with E-state index in [1.165, 1.54) is 0 Å². The van der Waals surface area contributed by atoms with E-state index in [1.54, 1.807) is 0 Å². The summed E-state index contributed by atoms with van der Waals surface area (Å²) in [4.78, 5) is 15.1. The van der Waals surface area contributed by atoms with Gasteiger partial charge in [-0.3, -0.25) is 4.57 Å². The van der Waals surface area contributed by atoms with Crippen LogP contribution >= 0.6 is 0 Å². The SMILES string of the molecule is CC1(C)OB(c2cccc(-c3ccc(-c4nc(-c5ccccc5)nc(-n5c6ccccc6c6ccccc65)n4)cc3)c2)OC1(C)C. The van der Waals surface area contributed by atoms with E-state index in [1.807, 2.05) is 30.3 Å². The smallest absolute Gasteiger partial charge is 0.399 e. The molecule has 6 nitrogen and oxygen atoms in total. The highest BCUT2D eigenvalue weighted by atomic mass is 16.7. The molecule has 5 aromatic carbocycles. The molecular weight excluding hydrogens is 567 g/mol. The number of rotatable bonds is 5. The lowest BCUT2D eigenvalue weighted by Gasteiger charge is -2.32. The van der Waals surface area contributed by atoms with Crippen molar-refractivity contribution in [3.05, 3.63) is 127 Å². The fourth-order valence-corrected chi connectivity index (χ4v) is 6.10. The van der Waals surface area contributed by atoms with Gasteiger partial charge < -0.3 is 9.31 Å². The molecule has 1 aliphatic rings. The Morgan fingerprint density at radius 2 is 1.00 bits per heavy atom. The van der Waals surface area contributed by atoms with Crippen LogP contribution in [-0.4, -0.2) is 37.8 Å². The summed E-state index contributed by atoms with van der Waals surface area (Å²) >= 11 is 0. The Hall–Kier alpha value is -5.11. The Kier molecular flexibility index (Phi) is 6.64. The second kappa shape index (κ2) is 10.8. The van der Waals surface area contributed by atoms with E-state index in [2.05, 4.69) is 129 Å². The number of aromatic nitrogens is 4. The van der Waals surface area contributed by atoms with Crippen LogP contribution in [0, 0.1) is 0 Å². The summed E-state index contributed by atoms with van der Waals surface area (Å²) in [5.41, 5.74) is 6.34. The minimum absolute atomic E-state index is 0.392. The van der Waals surface area contributed by atoms with Crippen molar-refractivity contribution in [2.45, 2.75) is 38.9 Å². The molecule has 3 heterocycles.